The molecule has 2 atom stereocenters. The molecular formula is C16H23F3O4. The van der Waals surface area contributed by atoms with Crippen molar-refractivity contribution < 1.29 is 32.2 Å². The van der Waals surface area contributed by atoms with Gasteiger partial charge in [0.05, 0.1) is 12.8 Å². The van der Waals surface area contributed by atoms with Crippen molar-refractivity contribution in [2.75, 3.05) is 0 Å². The number of carbonyl (C=O) groups excluding carboxylic acids is 2. The molecule has 0 saturated carbocycles. The van der Waals surface area contributed by atoms with E-state index in [4.69, 9.17) is 4.74 Å². The van der Waals surface area contributed by atoms with Crippen molar-refractivity contribution in [1.82, 2.24) is 0 Å². The number of hydrogen-bond donors (Lipinski definition) is 0. The van der Waals surface area contributed by atoms with Gasteiger partial charge in [-0.3, -0.25) is 9.59 Å². The average molecular weight is 336 g/mol. The highest BCUT2D eigenvalue weighted by atomic mass is 19.4. The molecule has 0 amide bonds. The number of ether oxygens (including phenoxy) is 2. The van der Waals surface area contributed by atoms with Gasteiger partial charge in [0.2, 0.25) is 0 Å². The smallest absolute Gasteiger partial charge is 0.425 e. The molecule has 0 N–H and O–H groups in total. The van der Waals surface area contributed by atoms with E-state index in [0.29, 0.717) is 12.8 Å². The SMILES string of the molecule is CCC#CC(CC(C)C)OC(=O)CCC(=O)OC(C)C(F)(F)F. The molecule has 0 fully saturated rings. The van der Waals surface area contributed by atoms with Crippen LogP contribution in [0.25, 0.3) is 0 Å². The summed E-state index contributed by atoms with van der Waals surface area (Å²) in [4.78, 5) is 22.9. The molecule has 0 rings (SSSR count). The Kier molecular flexibility index (Phi) is 9.38. The molecule has 132 valence electrons. The lowest BCUT2D eigenvalue weighted by Crippen LogP contribution is -2.31. The summed E-state index contributed by atoms with van der Waals surface area (Å²) in [7, 11) is 0. The molecule has 0 aromatic carbocycles. The predicted octanol–water partition coefficient (Wildman–Crippen LogP) is 3.63. The van der Waals surface area contributed by atoms with Crippen molar-refractivity contribution >= 4 is 11.9 Å². The minimum absolute atomic E-state index is 0.261. The summed E-state index contributed by atoms with van der Waals surface area (Å²) in [5, 5.41) is 0. The first-order chi connectivity index (χ1) is 10.6. The molecule has 2 unspecified atom stereocenters. The van der Waals surface area contributed by atoms with Crippen LogP contribution in [0.15, 0.2) is 0 Å². The third-order valence-corrected chi connectivity index (χ3v) is 2.70. The Bertz CT molecular complexity index is 446. The van der Waals surface area contributed by atoms with Crippen LogP contribution in [-0.2, 0) is 19.1 Å². The van der Waals surface area contributed by atoms with Gasteiger partial charge in [-0.15, -0.1) is 0 Å². The van der Waals surface area contributed by atoms with E-state index in [2.05, 4.69) is 16.6 Å². The number of halogens is 3. The fourth-order valence-electron chi connectivity index (χ4n) is 1.53. The van der Waals surface area contributed by atoms with Gasteiger partial charge in [-0.2, -0.15) is 13.2 Å². The van der Waals surface area contributed by atoms with E-state index in [-0.39, 0.29) is 12.3 Å². The van der Waals surface area contributed by atoms with Crippen LogP contribution in [0.3, 0.4) is 0 Å². The topological polar surface area (TPSA) is 52.6 Å². The van der Waals surface area contributed by atoms with Gasteiger partial charge >= 0.3 is 18.1 Å². The van der Waals surface area contributed by atoms with Crippen LogP contribution in [-0.4, -0.2) is 30.3 Å². The van der Waals surface area contributed by atoms with Crippen molar-refractivity contribution in [3.8, 4) is 11.8 Å². The first-order valence-corrected chi connectivity index (χ1v) is 7.50. The third-order valence-electron chi connectivity index (χ3n) is 2.70. The lowest BCUT2D eigenvalue weighted by molar-refractivity contribution is -0.216. The zero-order valence-electron chi connectivity index (χ0n) is 13.8. The quantitative estimate of drug-likeness (QED) is 0.526. The lowest BCUT2D eigenvalue weighted by atomic mass is 10.1. The molecule has 0 aromatic heterocycles. The molecule has 0 aliphatic heterocycles. The summed E-state index contributed by atoms with van der Waals surface area (Å²) in [5.74, 6) is 4.12. The molecule has 23 heavy (non-hydrogen) atoms. The van der Waals surface area contributed by atoms with Crippen LogP contribution in [0.4, 0.5) is 13.2 Å². The minimum atomic E-state index is -4.62. The van der Waals surface area contributed by atoms with E-state index >= 15 is 0 Å². The predicted molar refractivity (Wildman–Crippen MR) is 78.2 cm³/mol. The second-order valence-electron chi connectivity index (χ2n) is 5.46. The van der Waals surface area contributed by atoms with Crippen molar-refractivity contribution in [2.24, 2.45) is 5.92 Å². The van der Waals surface area contributed by atoms with E-state index < -0.39 is 36.7 Å². The molecule has 0 bridgehead atoms. The lowest BCUT2D eigenvalue weighted by Gasteiger charge is -2.17. The molecule has 0 saturated heterocycles. The summed E-state index contributed by atoms with van der Waals surface area (Å²) >= 11 is 0. The van der Waals surface area contributed by atoms with E-state index in [9.17, 15) is 22.8 Å². The summed E-state index contributed by atoms with van der Waals surface area (Å²) in [5.41, 5.74) is 0. The van der Waals surface area contributed by atoms with E-state index in [0.717, 1.165) is 6.92 Å². The average Bonchev–Trinajstić information content (AvgIpc) is 2.40. The molecule has 4 nitrogen and oxygen atoms in total. The first-order valence-electron chi connectivity index (χ1n) is 7.50. The second-order valence-corrected chi connectivity index (χ2v) is 5.46. The number of carbonyl (C=O) groups is 2. The van der Waals surface area contributed by atoms with Crippen molar-refractivity contribution in [3.63, 3.8) is 0 Å². The Morgan fingerprint density at radius 3 is 2.00 bits per heavy atom. The van der Waals surface area contributed by atoms with Crippen molar-refractivity contribution in [3.05, 3.63) is 0 Å². The molecule has 0 aliphatic carbocycles. The van der Waals surface area contributed by atoms with Gasteiger partial charge in [0.1, 0.15) is 0 Å². The Morgan fingerprint density at radius 1 is 1.04 bits per heavy atom. The van der Waals surface area contributed by atoms with Gasteiger partial charge in [-0.1, -0.05) is 32.6 Å². The summed E-state index contributed by atoms with van der Waals surface area (Å²) in [6.45, 7) is 6.49. The largest absolute Gasteiger partial charge is 0.453 e. The third kappa shape index (κ3) is 10.6. The van der Waals surface area contributed by atoms with Crippen LogP contribution < -0.4 is 0 Å². The highest BCUT2D eigenvalue weighted by molar-refractivity contribution is 5.78. The molecule has 0 heterocycles. The summed E-state index contributed by atoms with van der Waals surface area (Å²) < 4.78 is 46.1. The Balaban J connectivity index is 4.34. The fourth-order valence-corrected chi connectivity index (χ4v) is 1.53. The Hall–Kier alpha value is -1.71. The van der Waals surface area contributed by atoms with Gasteiger partial charge in [-0.25, -0.2) is 0 Å². The van der Waals surface area contributed by atoms with Crippen LogP contribution >= 0.6 is 0 Å². The molecule has 0 radical (unpaired) electrons. The maximum absolute atomic E-state index is 12.2. The minimum Gasteiger partial charge on any atom is -0.453 e. The molecular weight excluding hydrogens is 313 g/mol. The van der Waals surface area contributed by atoms with Crippen LogP contribution in [0.5, 0.6) is 0 Å². The Morgan fingerprint density at radius 2 is 1.57 bits per heavy atom. The first kappa shape index (κ1) is 21.3. The molecule has 0 aromatic rings. The summed E-state index contributed by atoms with van der Waals surface area (Å²) in [6, 6.07) is 0. The maximum atomic E-state index is 12.2. The monoisotopic (exact) mass is 336 g/mol. The van der Waals surface area contributed by atoms with Crippen LogP contribution in [0.2, 0.25) is 0 Å². The highest BCUT2D eigenvalue weighted by Crippen LogP contribution is 2.22. The van der Waals surface area contributed by atoms with E-state index in [1.807, 2.05) is 20.8 Å². The van der Waals surface area contributed by atoms with Gasteiger partial charge < -0.3 is 9.47 Å². The molecule has 0 spiro atoms. The van der Waals surface area contributed by atoms with Gasteiger partial charge in [0.25, 0.3) is 0 Å². The molecule has 0 aliphatic rings. The maximum Gasteiger partial charge on any atom is 0.425 e. The van der Waals surface area contributed by atoms with Gasteiger partial charge in [0, 0.05) is 6.42 Å². The molecule has 7 heteroatoms. The number of esters is 2. The van der Waals surface area contributed by atoms with Crippen LogP contribution in [0.1, 0.15) is 53.4 Å². The highest BCUT2D eigenvalue weighted by Gasteiger charge is 2.39. The van der Waals surface area contributed by atoms with Gasteiger partial charge in [-0.05, 0) is 19.3 Å². The number of hydrogen-bond acceptors (Lipinski definition) is 4. The van der Waals surface area contributed by atoms with Crippen LogP contribution in [0, 0.1) is 17.8 Å². The number of alkyl halides is 3. The standard InChI is InChI=1S/C16H23F3O4/c1-5-6-7-13(10-11(2)3)23-15(21)9-8-14(20)22-12(4)16(17,18)19/h11-13H,5,8-10H2,1-4H3. The van der Waals surface area contributed by atoms with E-state index in [1.165, 1.54) is 0 Å². The van der Waals surface area contributed by atoms with Gasteiger partial charge in [0.15, 0.2) is 12.2 Å². The zero-order chi connectivity index (χ0) is 18.0. The fraction of sp³-hybridized carbons (Fsp3) is 0.750. The Labute approximate surface area is 134 Å². The van der Waals surface area contributed by atoms with Crippen molar-refractivity contribution in [1.29, 1.82) is 0 Å². The van der Waals surface area contributed by atoms with E-state index in [1.54, 1.807) is 0 Å². The number of rotatable bonds is 7. The zero-order valence-corrected chi connectivity index (χ0v) is 13.8. The summed E-state index contributed by atoms with van der Waals surface area (Å²) in [6.07, 6.45) is -7.03. The second kappa shape index (κ2) is 10.1. The normalized spacial score (nSPS) is 13.7. The van der Waals surface area contributed by atoms with Crippen molar-refractivity contribution in [2.45, 2.75) is 71.8 Å².